The maximum Gasteiger partial charge on any atom is -0.0141 e. The number of aryl methyl sites for hydroxylation is 2. The minimum Gasteiger partial charge on any atom is -0.125 e. The van der Waals surface area contributed by atoms with Crippen LogP contribution in [-0.4, -0.2) is 0 Å². The van der Waals surface area contributed by atoms with E-state index in [0.29, 0.717) is 0 Å². The molecule has 0 aliphatic carbocycles. The molecule has 17 heavy (non-hydrogen) atoms. The Labute approximate surface area is 109 Å². The maximum absolute atomic E-state index is 2.58. The lowest BCUT2D eigenvalue weighted by molar-refractivity contribution is 0.667. The van der Waals surface area contributed by atoms with Gasteiger partial charge in [0.1, 0.15) is 0 Å². The number of hydrogen-bond acceptors (Lipinski definition) is 0. The smallest absolute Gasteiger partial charge is 0.0141 e. The quantitative estimate of drug-likeness (QED) is 0.424. The Kier molecular flexibility index (Phi) is 8.53. The van der Waals surface area contributed by atoms with Crippen molar-refractivity contribution < 1.29 is 0 Å². The molecule has 98 valence electrons. The monoisotopic (exact) mass is 252 g/mol. The van der Waals surface area contributed by atoms with Crippen LogP contribution in [-0.2, 0) is 12.6 Å². The molecule has 1 aromatic rings. The van der Waals surface area contributed by atoms with Gasteiger partial charge in [-0.3, -0.25) is 0 Å². The fourth-order valence-electron chi connectivity index (χ4n) is 2.25. The van der Waals surface area contributed by atoms with Crippen molar-refractivity contribution in [1.82, 2.24) is 0 Å². The summed E-state index contributed by atoms with van der Waals surface area (Å²) in [5.74, 6) is 5.06. The highest BCUT2D eigenvalue weighted by molar-refractivity contribution is 7.47. The van der Waals surface area contributed by atoms with E-state index in [1.165, 1.54) is 63.9 Å². The third-order valence-corrected chi connectivity index (χ3v) is 5.43. The van der Waals surface area contributed by atoms with Gasteiger partial charge in [-0.1, -0.05) is 58.4 Å². The molecular formula is C16H29P. The van der Waals surface area contributed by atoms with Gasteiger partial charge in [0, 0.05) is 0 Å². The molecule has 0 aromatic carbocycles. The first-order valence-electron chi connectivity index (χ1n) is 7.51. The molecule has 1 unspecified atom stereocenters. The van der Waals surface area contributed by atoms with Gasteiger partial charge in [0.25, 0.3) is 0 Å². The normalized spacial score (nSPS) is 12.0. The molecule has 0 radical (unpaired) electrons. The van der Waals surface area contributed by atoms with Crippen molar-refractivity contribution in [3.05, 3.63) is 23.2 Å². The summed E-state index contributed by atoms with van der Waals surface area (Å²) in [7, 11) is 0.132. The second-order valence-electron chi connectivity index (χ2n) is 5.13. The Morgan fingerprint density at radius 3 is 2.29 bits per heavy atom. The van der Waals surface area contributed by atoms with E-state index >= 15 is 0 Å². The van der Waals surface area contributed by atoms with Crippen LogP contribution >= 0.6 is 7.53 Å². The molecule has 0 saturated carbocycles. The first kappa shape index (κ1) is 14.8. The van der Waals surface area contributed by atoms with Gasteiger partial charge in [0.05, 0.1) is 0 Å². The topological polar surface area (TPSA) is 0 Å². The average Bonchev–Trinajstić information content (AvgIpc) is 2.78. The summed E-state index contributed by atoms with van der Waals surface area (Å²) in [6.45, 7) is 4.57. The number of hydrogen-bond donors (Lipinski definition) is 0. The summed E-state index contributed by atoms with van der Waals surface area (Å²) in [4.78, 5) is 0. The molecule has 0 N–H and O–H groups in total. The Bertz CT molecular complexity index is 248. The van der Waals surface area contributed by atoms with E-state index < -0.39 is 0 Å². The SMILES string of the molecule is CCCCCCc1ccp(CCCCCC)c1. The van der Waals surface area contributed by atoms with Crippen LogP contribution in [0.3, 0.4) is 0 Å². The van der Waals surface area contributed by atoms with Gasteiger partial charge < -0.3 is 0 Å². The molecule has 1 aromatic heterocycles. The van der Waals surface area contributed by atoms with Crippen molar-refractivity contribution in [2.45, 2.75) is 77.8 Å². The van der Waals surface area contributed by atoms with E-state index in [4.69, 9.17) is 0 Å². The van der Waals surface area contributed by atoms with Crippen LogP contribution in [0, 0.1) is 0 Å². The molecule has 0 aliphatic heterocycles. The van der Waals surface area contributed by atoms with E-state index in [1.54, 1.807) is 5.56 Å². The molecule has 0 fully saturated rings. The largest absolute Gasteiger partial charge is 0.125 e. The Hall–Kier alpha value is -0.220. The van der Waals surface area contributed by atoms with E-state index in [9.17, 15) is 0 Å². The molecule has 1 heteroatoms. The van der Waals surface area contributed by atoms with Gasteiger partial charge in [-0.2, -0.15) is 0 Å². The standard InChI is InChI=1S/C16H29P/c1-3-5-7-9-11-16-12-14-17(15-16)13-10-8-6-4-2/h12,14-15H,3-11,13H2,1-2H3. The van der Waals surface area contributed by atoms with Crippen LogP contribution in [0.25, 0.3) is 0 Å². The van der Waals surface area contributed by atoms with Crippen molar-refractivity contribution in [3.63, 3.8) is 0 Å². The second-order valence-corrected chi connectivity index (χ2v) is 7.16. The van der Waals surface area contributed by atoms with Gasteiger partial charge in [-0.25, -0.2) is 0 Å². The number of unbranched alkanes of at least 4 members (excludes halogenated alkanes) is 6. The van der Waals surface area contributed by atoms with E-state index in [2.05, 4.69) is 31.5 Å². The molecular weight excluding hydrogens is 223 g/mol. The van der Waals surface area contributed by atoms with Crippen LogP contribution in [0.1, 0.15) is 70.8 Å². The lowest BCUT2D eigenvalue weighted by Gasteiger charge is -1.99. The fourth-order valence-corrected chi connectivity index (χ4v) is 4.23. The van der Waals surface area contributed by atoms with Crippen LogP contribution in [0.4, 0.5) is 0 Å². The zero-order chi connectivity index (χ0) is 12.3. The fraction of sp³-hybridized carbons (Fsp3) is 0.750. The van der Waals surface area contributed by atoms with Crippen molar-refractivity contribution in [2.75, 3.05) is 0 Å². The van der Waals surface area contributed by atoms with E-state index in [1.807, 2.05) is 0 Å². The lowest BCUT2D eigenvalue weighted by atomic mass is 10.1. The Morgan fingerprint density at radius 1 is 0.882 bits per heavy atom. The van der Waals surface area contributed by atoms with Crippen molar-refractivity contribution >= 4 is 7.53 Å². The molecule has 1 rings (SSSR count). The minimum absolute atomic E-state index is 0.132. The zero-order valence-corrected chi connectivity index (χ0v) is 12.6. The highest BCUT2D eigenvalue weighted by Gasteiger charge is 1.98. The van der Waals surface area contributed by atoms with Gasteiger partial charge >= 0.3 is 0 Å². The maximum atomic E-state index is 2.58. The summed E-state index contributed by atoms with van der Waals surface area (Å²) in [6, 6.07) is 2.40. The first-order chi connectivity index (χ1) is 8.36. The molecule has 0 amide bonds. The molecule has 0 saturated heterocycles. The summed E-state index contributed by atoms with van der Waals surface area (Å²) in [5.41, 5.74) is 1.63. The third-order valence-electron chi connectivity index (χ3n) is 3.40. The van der Waals surface area contributed by atoms with Gasteiger partial charge in [0.15, 0.2) is 0 Å². The lowest BCUT2D eigenvalue weighted by Crippen LogP contribution is -1.81. The highest BCUT2D eigenvalue weighted by atomic mass is 31.1. The molecule has 0 nitrogen and oxygen atoms in total. The van der Waals surface area contributed by atoms with Crippen LogP contribution < -0.4 is 0 Å². The zero-order valence-electron chi connectivity index (χ0n) is 11.8. The predicted molar refractivity (Wildman–Crippen MR) is 81.1 cm³/mol. The number of rotatable bonds is 10. The first-order valence-corrected chi connectivity index (χ1v) is 9.18. The summed E-state index contributed by atoms with van der Waals surface area (Å²) in [6.07, 6.45) is 14.0. The summed E-state index contributed by atoms with van der Waals surface area (Å²) in [5, 5.41) is 0. The van der Waals surface area contributed by atoms with E-state index in [-0.39, 0.29) is 7.53 Å². The summed E-state index contributed by atoms with van der Waals surface area (Å²) < 4.78 is 0. The molecule has 0 bridgehead atoms. The van der Waals surface area contributed by atoms with Gasteiger partial charge in [-0.15, -0.1) is 7.53 Å². The van der Waals surface area contributed by atoms with Crippen LogP contribution in [0.2, 0.25) is 0 Å². The molecule has 1 heterocycles. The second kappa shape index (κ2) is 9.77. The van der Waals surface area contributed by atoms with Crippen molar-refractivity contribution in [1.29, 1.82) is 0 Å². The minimum atomic E-state index is 0.132. The molecule has 0 aliphatic rings. The Balaban J connectivity index is 2.14. The van der Waals surface area contributed by atoms with Crippen molar-refractivity contribution in [2.24, 2.45) is 0 Å². The Morgan fingerprint density at radius 2 is 1.59 bits per heavy atom. The van der Waals surface area contributed by atoms with E-state index in [0.717, 1.165) is 0 Å². The molecule has 1 atom stereocenters. The van der Waals surface area contributed by atoms with Crippen LogP contribution in [0.5, 0.6) is 0 Å². The van der Waals surface area contributed by atoms with Gasteiger partial charge in [0.2, 0.25) is 0 Å². The van der Waals surface area contributed by atoms with Gasteiger partial charge in [-0.05, 0) is 42.6 Å². The highest BCUT2D eigenvalue weighted by Crippen LogP contribution is 2.33. The predicted octanol–water partition coefficient (Wildman–Crippen LogP) is 6.38. The van der Waals surface area contributed by atoms with Crippen molar-refractivity contribution in [3.8, 4) is 0 Å². The summed E-state index contributed by atoms with van der Waals surface area (Å²) >= 11 is 0. The molecule has 0 spiro atoms. The average molecular weight is 252 g/mol. The van der Waals surface area contributed by atoms with Crippen LogP contribution in [0.15, 0.2) is 17.7 Å². The third kappa shape index (κ3) is 6.94.